The average Bonchev–Trinajstić information content (AvgIpc) is 1.57. The van der Waals surface area contributed by atoms with E-state index in [1.165, 1.54) is 103 Å². The first-order valence-corrected chi connectivity index (χ1v) is 39.0. The molecule has 0 amide bonds. The number of rotatable bonds is 67. The van der Waals surface area contributed by atoms with Crippen LogP contribution in [0, 0.1) is 0 Å². The van der Waals surface area contributed by atoms with Crippen LogP contribution in [0.4, 0.5) is 0 Å². The van der Waals surface area contributed by atoms with Crippen molar-refractivity contribution < 1.29 is 42.1 Å². The lowest BCUT2D eigenvalue weighted by Gasteiger charge is -2.24. The Balaban J connectivity index is 4.07. The number of esters is 2. The molecule has 94 heavy (non-hydrogen) atoms. The molecular weight excluding hydrogens is 1180 g/mol. The quantitative estimate of drug-likeness (QED) is 0.0211. The molecule has 0 radical (unpaired) electrons. The Morgan fingerprint density at radius 3 is 0.851 bits per heavy atom. The third-order valence-electron chi connectivity index (χ3n) is 15.4. The Morgan fingerprint density at radius 1 is 0.330 bits per heavy atom. The maximum Gasteiger partial charge on any atom is 0.472 e. The molecule has 532 valence electrons. The maximum atomic E-state index is 12.9. The van der Waals surface area contributed by atoms with E-state index in [0.29, 0.717) is 17.4 Å². The van der Waals surface area contributed by atoms with Crippen molar-refractivity contribution in [2.24, 2.45) is 0 Å². The fourth-order valence-electron chi connectivity index (χ4n) is 9.78. The number of hydrogen-bond acceptors (Lipinski definition) is 7. The van der Waals surface area contributed by atoms with E-state index in [1.54, 1.807) is 0 Å². The van der Waals surface area contributed by atoms with Gasteiger partial charge >= 0.3 is 19.8 Å². The van der Waals surface area contributed by atoms with Gasteiger partial charge in [0.25, 0.3) is 0 Å². The van der Waals surface area contributed by atoms with Crippen LogP contribution in [0.15, 0.2) is 182 Å². The third kappa shape index (κ3) is 76.1. The lowest BCUT2D eigenvalue weighted by molar-refractivity contribution is -0.870. The first kappa shape index (κ1) is 89.1. The predicted octanol–water partition coefficient (Wildman–Crippen LogP) is 25.0. The highest BCUT2D eigenvalue weighted by Gasteiger charge is 2.27. The van der Waals surface area contributed by atoms with Crippen LogP contribution in [0.25, 0.3) is 0 Å². The molecule has 0 rings (SSSR count). The Kier molecular flexibility index (Phi) is 68.6. The molecule has 0 fully saturated rings. The number of unbranched alkanes of at least 4 members (excludes halogenated alkanes) is 23. The van der Waals surface area contributed by atoms with Gasteiger partial charge in [0.1, 0.15) is 19.8 Å². The van der Waals surface area contributed by atoms with Crippen molar-refractivity contribution >= 4 is 19.8 Å². The zero-order valence-electron chi connectivity index (χ0n) is 60.6. The molecular formula is C84H139NO8P+. The SMILES string of the molecule is CC/C=C\C/C=C\C/C=C\C/C=C\C/C=C\C/C=C\C/C=C\C/C=C\C/C=C\CCCCCCCCCCCCCCCC(=O)OC(COC(=O)CCCCCCCCCCCC/C=C\C/C=C\C/C=C\C/C=C\C/C=C\C/C=C\CC)COP(=O)(O)OCC[N+](C)(C)C. The van der Waals surface area contributed by atoms with E-state index < -0.39 is 26.5 Å². The predicted molar refractivity (Wildman–Crippen MR) is 408 cm³/mol. The summed E-state index contributed by atoms with van der Waals surface area (Å²) >= 11 is 0. The number of phosphoric ester groups is 1. The number of carbonyl (C=O) groups excluding carboxylic acids is 2. The summed E-state index contributed by atoms with van der Waals surface area (Å²) in [4.78, 5) is 35.9. The average molecular weight is 1320 g/mol. The van der Waals surface area contributed by atoms with Gasteiger partial charge in [-0.25, -0.2) is 4.57 Å². The monoisotopic (exact) mass is 1320 g/mol. The van der Waals surface area contributed by atoms with Crippen molar-refractivity contribution in [1.82, 2.24) is 0 Å². The maximum absolute atomic E-state index is 12.9. The highest BCUT2D eigenvalue weighted by Crippen LogP contribution is 2.43. The van der Waals surface area contributed by atoms with Gasteiger partial charge in [0.05, 0.1) is 27.7 Å². The highest BCUT2D eigenvalue weighted by molar-refractivity contribution is 7.47. The van der Waals surface area contributed by atoms with E-state index in [2.05, 4.69) is 196 Å². The molecule has 0 spiro atoms. The minimum atomic E-state index is -4.41. The molecule has 2 unspecified atom stereocenters. The summed E-state index contributed by atoms with van der Waals surface area (Å²) in [5.41, 5.74) is 0. The molecule has 0 bridgehead atoms. The van der Waals surface area contributed by atoms with Crippen LogP contribution >= 0.6 is 7.82 Å². The van der Waals surface area contributed by atoms with Gasteiger partial charge in [-0.1, -0.05) is 318 Å². The third-order valence-corrected chi connectivity index (χ3v) is 16.4. The van der Waals surface area contributed by atoms with E-state index in [4.69, 9.17) is 18.5 Å². The van der Waals surface area contributed by atoms with Gasteiger partial charge in [-0.05, 0) is 135 Å². The summed E-state index contributed by atoms with van der Waals surface area (Å²) in [5.74, 6) is -0.809. The highest BCUT2D eigenvalue weighted by atomic mass is 31.2. The van der Waals surface area contributed by atoms with E-state index in [0.717, 1.165) is 148 Å². The standard InChI is InChI=1S/C84H138NO8P/c1-6-8-10-12-14-16-18-20-22-24-26-28-30-32-34-36-37-38-39-40-41-42-43-44-45-46-47-49-51-53-55-57-59-61-63-65-67-69-71-73-75-77-84(87)93-82(81-92-94(88,89)91-79-78-85(3,4)5)80-90-83(86)76-74-72-70-68-66-64-62-60-58-56-54-52-50-48-35-33-31-29-27-25-23-21-19-17-15-13-11-9-7-2/h8-11,14-17,20-23,26-29,32-35,37-38,40-41,43-44,46-47,50,52,82H,6-7,12-13,18-19,24-25,30-31,36,39,42,45,48-49,51,53-81H2,1-5H3/p+1/b10-8-,11-9-,16-14-,17-15-,22-20-,23-21-,28-26-,29-27-,34-32-,35-33-,38-37-,41-40-,44-43-,47-46-,52-50-. The van der Waals surface area contributed by atoms with Gasteiger partial charge in [-0.2, -0.15) is 0 Å². The minimum Gasteiger partial charge on any atom is -0.462 e. The van der Waals surface area contributed by atoms with Gasteiger partial charge < -0.3 is 18.9 Å². The van der Waals surface area contributed by atoms with Gasteiger partial charge in [-0.15, -0.1) is 0 Å². The molecule has 0 heterocycles. The zero-order chi connectivity index (χ0) is 68.3. The van der Waals surface area contributed by atoms with E-state index in [1.807, 2.05) is 21.1 Å². The second kappa shape index (κ2) is 72.4. The normalized spacial score (nSPS) is 14.1. The first-order chi connectivity index (χ1) is 46.0. The van der Waals surface area contributed by atoms with Gasteiger partial charge in [0, 0.05) is 12.8 Å². The molecule has 0 saturated heterocycles. The van der Waals surface area contributed by atoms with Crippen molar-refractivity contribution in [1.29, 1.82) is 0 Å². The van der Waals surface area contributed by atoms with Crippen molar-refractivity contribution in [2.45, 2.75) is 290 Å². The molecule has 0 aromatic carbocycles. The summed E-state index contributed by atoms with van der Waals surface area (Å²) in [6.45, 7) is 4.20. The number of phosphoric acid groups is 1. The molecule has 0 aromatic rings. The Hall–Kier alpha value is -4.89. The zero-order valence-corrected chi connectivity index (χ0v) is 61.5. The molecule has 10 heteroatoms. The van der Waals surface area contributed by atoms with Crippen LogP contribution in [0.5, 0.6) is 0 Å². The summed E-state index contributed by atoms with van der Waals surface area (Å²) in [7, 11) is 1.46. The molecule has 2 atom stereocenters. The second-order valence-electron chi connectivity index (χ2n) is 25.6. The van der Waals surface area contributed by atoms with Crippen LogP contribution in [-0.2, 0) is 32.7 Å². The smallest absolute Gasteiger partial charge is 0.462 e. The van der Waals surface area contributed by atoms with Crippen LogP contribution in [0.3, 0.4) is 0 Å². The van der Waals surface area contributed by atoms with Crippen molar-refractivity contribution in [2.75, 3.05) is 47.5 Å². The number of allylic oxidation sites excluding steroid dienone is 30. The van der Waals surface area contributed by atoms with Gasteiger partial charge in [-0.3, -0.25) is 18.6 Å². The second-order valence-corrected chi connectivity index (χ2v) is 27.0. The fraction of sp³-hybridized carbons (Fsp3) is 0.619. The molecule has 0 saturated carbocycles. The van der Waals surface area contributed by atoms with Gasteiger partial charge in [0.2, 0.25) is 0 Å². The molecule has 0 aliphatic heterocycles. The van der Waals surface area contributed by atoms with Crippen molar-refractivity contribution in [3.63, 3.8) is 0 Å². The van der Waals surface area contributed by atoms with E-state index >= 15 is 0 Å². The number of likely N-dealkylation sites (N-methyl/N-ethyl adjacent to an activating group) is 1. The topological polar surface area (TPSA) is 108 Å². The molecule has 9 nitrogen and oxygen atoms in total. The summed E-state index contributed by atoms with van der Waals surface area (Å²) < 4.78 is 34.8. The number of quaternary nitrogens is 1. The summed E-state index contributed by atoms with van der Waals surface area (Å²) in [6.07, 6.45) is 111. The van der Waals surface area contributed by atoms with Gasteiger partial charge in [0.15, 0.2) is 6.10 Å². The van der Waals surface area contributed by atoms with Crippen LogP contribution in [0.2, 0.25) is 0 Å². The minimum absolute atomic E-state index is 0.0228. The number of ether oxygens (including phenoxy) is 2. The number of nitrogens with zero attached hydrogens (tertiary/aromatic N) is 1. The molecule has 1 N–H and O–H groups in total. The van der Waals surface area contributed by atoms with Crippen LogP contribution < -0.4 is 0 Å². The first-order valence-electron chi connectivity index (χ1n) is 37.5. The summed E-state index contributed by atoms with van der Waals surface area (Å²) in [5, 5.41) is 0. The largest absolute Gasteiger partial charge is 0.472 e. The van der Waals surface area contributed by atoms with E-state index in [-0.39, 0.29) is 32.0 Å². The molecule has 0 aliphatic rings. The van der Waals surface area contributed by atoms with Crippen molar-refractivity contribution in [3.8, 4) is 0 Å². The lowest BCUT2D eigenvalue weighted by atomic mass is 10.0. The Labute approximate surface area is 578 Å². The molecule has 0 aliphatic carbocycles. The lowest BCUT2D eigenvalue weighted by Crippen LogP contribution is -2.37. The summed E-state index contributed by atoms with van der Waals surface area (Å²) in [6, 6.07) is 0. The van der Waals surface area contributed by atoms with Crippen molar-refractivity contribution in [3.05, 3.63) is 182 Å². The van der Waals surface area contributed by atoms with Crippen LogP contribution in [0.1, 0.15) is 284 Å². The Morgan fingerprint density at radius 2 is 0.574 bits per heavy atom. The van der Waals surface area contributed by atoms with E-state index in [9.17, 15) is 19.0 Å². The van der Waals surface area contributed by atoms with Crippen LogP contribution in [-0.4, -0.2) is 74.9 Å². The number of hydrogen-bond donors (Lipinski definition) is 1. The number of carbonyl (C=O) groups is 2. The Bertz CT molecular complexity index is 2240. The molecule has 0 aromatic heterocycles. The fourth-order valence-corrected chi connectivity index (χ4v) is 10.5.